The van der Waals surface area contributed by atoms with Crippen LogP contribution in [-0.2, 0) is 0 Å². The summed E-state index contributed by atoms with van der Waals surface area (Å²) in [6, 6.07) is 7.73. The summed E-state index contributed by atoms with van der Waals surface area (Å²) in [6.45, 7) is 3.75. The predicted octanol–water partition coefficient (Wildman–Crippen LogP) is 2.63. The number of aromatic nitrogens is 1. The molecular formula is C13H13ClN2O. The van der Waals surface area contributed by atoms with Crippen molar-refractivity contribution < 1.29 is 4.74 Å². The van der Waals surface area contributed by atoms with Gasteiger partial charge in [-0.05, 0) is 19.1 Å². The van der Waals surface area contributed by atoms with E-state index < -0.39 is 0 Å². The van der Waals surface area contributed by atoms with E-state index in [0.29, 0.717) is 10.8 Å². The molecule has 0 saturated carbocycles. The van der Waals surface area contributed by atoms with Gasteiger partial charge in [-0.3, -0.25) is 4.98 Å². The number of rotatable bonds is 2. The third-order valence-electron chi connectivity index (χ3n) is 3.03. The number of halogens is 1. The van der Waals surface area contributed by atoms with Gasteiger partial charge in [-0.1, -0.05) is 23.7 Å². The molecule has 2 heterocycles. The van der Waals surface area contributed by atoms with Crippen molar-refractivity contribution in [1.29, 1.82) is 0 Å². The monoisotopic (exact) mass is 248 g/mol. The van der Waals surface area contributed by atoms with Crippen molar-refractivity contribution in [2.45, 2.75) is 12.5 Å². The summed E-state index contributed by atoms with van der Waals surface area (Å²) in [5, 5.41) is 4.86. The fraction of sp³-hybridized carbons (Fsp3) is 0.308. The van der Waals surface area contributed by atoms with Gasteiger partial charge < -0.3 is 10.1 Å². The van der Waals surface area contributed by atoms with E-state index in [1.807, 2.05) is 24.3 Å². The molecule has 0 aliphatic carbocycles. The van der Waals surface area contributed by atoms with Gasteiger partial charge in [0.15, 0.2) is 5.75 Å². The van der Waals surface area contributed by atoms with Gasteiger partial charge in [-0.2, -0.15) is 0 Å². The standard InChI is InChI=1S/C13H13ClN2O/c1-13(7-15-8-13)17-12-10(14)5-4-9-3-2-6-16-11(9)12/h2-6,15H,7-8H2,1H3. The first-order valence-electron chi connectivity index (χ1n) is 5.61. The van der Waals surface area contributed by atoms with E-state index in [4.69, 9.17) is 16.3 Å². The van der Waals surface area contributed by atoms with Crippen LogP contribution in [0.5, 0.6) is 5.75 Å². The van der Waals surface area contributed by atoms with Crippen LogP contribution in [0.25, 0.3) is 10.9 Å². The van der Waals surface area contributed by atoms with Crippen LogP contribution in [0.1, 0.15) is 6.92 Å². The Kier molecular flexibility index (Phi) is 2.45. The first-order valence-corrected chi connectivity index (χ1v) is 5.99. The maximum Gasteiger partial charge on any atom is 0.165 e. The number of fused-ring (bicyclic) bond motifs is 1. The third-order valence-corrected chi connectivity index (χ3v) is 3.32. The number of benzene rings is 1. The van der Waals surface area contributed by atoms with E-state index in [0.717, 1.165) is 24.0 Å². The predicted molar refractivity (Wildman–Crippen MR) is 68.7 cm³/mol. The molecule has 0 bridgehead atoms. The summed E-state index contributed by atoms with van der Waals surface area (Å²) >= 11 is 6.20. The van der Waals surface area contributed by atoms with Gasteiger partial charge in [-0.25, -0.2) is 0 Å². The minimum atomic E-state index is -0.171. The third kappa shape index (κ3) is 1.85. The van der Waals surface area contributed by atoms with E-state index in [1.165, 1.54) is 0 Å². The second-order valence-corrected chi connectivity index (χ2v) is 5.01. The molecule has 1 aromatic carbocycles. The average molecular weight is 249 g/mol. The number of pyridine rings is 1. The van der Waals surface area contributed by atoms with Gasteiger partial charge in [0.1, 0.15) is 11.1 Å². The van der Waals surface area contributed by atoms with E-state index in [-0.39, 0.29) is 5.60 Å². The van der Waals surface area contributed by atoms with E-state index in [1.54, 1.807) is 6.20 Å². The molecule has 1 fully saturated rings. The van der Waals surface area contributed by atoms with E-state index in [9.17, 15) is 0 Å². The summed E-state index contributed by atoms with van der Waals surface area (Å²) in [5.74, 6) is 0.689. The number of nitrogens with zero attached hydrogens (tertiary/aromatic N) is 1. The maximum atomic E-state index is 6.20. The Bertz CT molecular complexity index is 566. The molecule has 0 unspecified atom stereocenters. The van der Waals surface area contributed by atoms with Gasteiger partial charge in [0.05, 0.1) is 5.02 Å². The molecule has 0 spiro atoms. The molecule has 1 aliphatic rings. The van der Waals surface area contributed by atoms with Gasteiger partial charge in [-0.15, -0.1) is 0 Å². The molecule has 1 aliphatic heterocycles. The Hall–Kier alpha value is -1.32. The van der Waals surface area contributed by atoms with Crippen molar-refractivity contribution >= 4 is 22.5 Å². The highest BCUT2D eigenvalue weighted by atomic mass is 35.5. The summed E-state index contributed by atoms with van der Waals surface area (Å²) < 4.78 is 6.02. The Balaban J connectivity index is 2.10. The minimum absolute atomic E-state index is 0.171. The molecule has 1 aromatic heterocycles. The Morgan fingerprint density at radius 2 is 2.18 bits per heavy atom. The highest BCUT2D eigenvalue weighted by Gasteiger charge is 2.35. The Morgan fingerprint density at radius 1 is 1.35 bits per heavy atom. The van der Waals surface area contributed by atoms with Crippen molar-refractivity contribution in [3.63, 3.8) is 0 Å². The second kappa shape index (κ2) is 3.86. The average Bonchev–Trinajstić information content (AvgIpc) is 2.31. The molecular weight excluding hydrogens is 236 g/mol. The van der Waals surface area contributed by atoms with Crippen LogP contribution in [0.3, 0.4) is 0 Å². The zero-order valence-electron chi connectivity index (χ0n) is 9.53. The molecule has 0 amide bonds. The SMILES string of the molecule is CC1(Oc2c(Cl)ccc3cccnc23)CNC1. The fourth-order valence-electron chi connectivity index (χ4n) is 1.99. The highest BCUT2D eigenvalue weighted by Crippen LogP contribution is 2.35. The molecule has 3 nitrogen and oxygen atoms in total. The van der Waals surface area contributed by atoms with Gasteiger partial charge >= 0.3 is 0 Å². The zero-order chi connectivity index (χ0) is 11.9. The largest absolute Gasteiger partial charge is 0.481 e. The summed E-state index contributed by atoms with van der Waals surface area (Å²) in [6.07, 6.45) is 1.76. The molecule has 88 valence electrons. The Morgan fingerprint density at radius 3 is 2.88 bits per heavy atom. The number of hydrogen-bond donors (Lipinski definition) is 1. The molecule has 17 heavy (non-hydrogen) atoms. The molecule has 1 N–H and O–H groups in total. The zero-order valence-corrected chi connectivity index (χ0v) is 10.3. The molecule has 2 aromatic rings. The minimum Gasteiger partial charge on any atom is -0.481 e. The second-order valence-electron chi connectivity index (χ2n) is 4.61. The first-order chi connectivity index (χ1) is 8.18. The fourth-order valence-corrected chi connectivity index (χ4v) is 2.18. The van der Waals surface area contributed by atoms with Crippen LogP contribution >= 0.6 is 11.6 Å². The lowest BCUT2D eigenvalue weighted by Crippen LogP contribution is -2.61. The molecule has 4 heteroatoms. The van der Waals surface area contributed by atoms with Crippen LogP contribution in [0.15, 0.2) is 30.5 Å². The quantitative estimate of drug-likeness (QED) is 0.887. The van der Waals surface area contributed by atoms with Crippen LogP contribution in [-0.4, -0.2) is 23.7 Å². The summed E-state index contributed by atoms with van der Waals surface area (Å²) in [7, 11) is 0. The van der Waals surface area contributed by atoms with Crippen molar-refractivity contribution in [2.75, 3.05) is 13.1 Å². The number of ether oxygens (including phenoxy) is 1. The van der Waals surface area contributed by atoms with E-state index >= 15 is 0 Å². The molecule has 1 saturated heterocycles. The lowest BCUT2D eigenvalue weighted by Gasteiger charge is -2.39. The molecule has 3 rings (SSSR count). The normalized spacial score (nSPS) is 17.8. The summed E-state index contributed by atoms with van der Waals surface area (Å²) in [5.41, 5.74) is 0.656. The lowest BCUT2D eigenvalue weighted by molar-refractivity contribution is 0.0363. The van der Waals surface area contributed by atoms with Gasteiger partial charge in [0.25, 0.3) is 0 Å². The maximum absolute atomic E-state index is 6.20. The molecule has 0 radical (unpaired) electrons. The summed E-state index contributed by atoms with van der Waals surface area (Å²) in [4.78, 5) is 4.35. The van der Waals surface area contributed by atoms with Crippen molar-refractivity contribution in [2.24, 2.45) is 0 Å². The van der Waals surface area contributed by atoms with Gasteiger partial charge in [0, 0.05) is 24.7 Å². The van der Waals surface area contributed by atoms with Gasteiger partial charge in [0.2, 0.25) is 0 Å². The van der Waals surface area contributed by atoms with Crippen molar-refractivity contribution in [3.8, 4) is 5.75 Å². The van der Waals surface area contributed by atoms with Crippen LogP contribution in [0, 0.1) is 0 Å². The molecule has 0 atom stereocenters. The van der Waals surface area contributed by atoms with Crippen molar-refractivity contribution in [1.82, 2.24) is 10.3 Å². The van der Waals surface area contributed by atoms with Crippen LogP contribution < -0.4 is 10.1 Å². The smallest absolute Gasteiger partial charge is 0.165 e. The highest BCUT2D eigenvalue weighted by molar-refractivity contribution is 6.33. The first kappa shape index (κ1) is 10.8. The van der Waals surface area contributed by atoms with Crippen LogP contribution in [0.4, 0.5) is 0 Å². The number of hydrogen-bond acceptors (Lipinski definition) is 3. The van der Waals surface area contributed by atoms with Crippen molar-refractivity contribution in [3.05, 3.63) is 35.5 Å². The van der Waals surface area contributed by atoms with Crippen LogP contribution in [0.2, 0.25) is 5.02 Å². The topological polar surface area (TPSA) is 34.1 Å². The number of nitrogens with one attached hydrogen (secondary N) is 1. The lowest BCUT2D eigenvalue weighted by atomic mass is 10.00. The van der Waals surface area contributed by atoms with E-state index in [2.05, 4.69) is 17.2 Å². The Labute approximate surface area is 105 Å².